The molecule has 35 heavy (non-hydrogen) atoms. The highest BCUT2D eigenvalue weighted by atomic mass is 16.5. The van der Waals surface area contributed by atoms with Gasteiger partial charge in [-0.3, -0.25) is 9.59 Å². The van der Waals surface area contributed by atoms with Crippen molar-refractivity contribution >= 4 is 23.6 Å². The van der Waals surface area contributed by atoms with Crippen molar-refractivity contribution in [3.63, 3.8) is 0 Å². The number of aromatic nitrogens is 1. The Morgan fingerprint density at radius 1 is 0.971 bits per heavy atom. The zero-order valence-electron chi connectivity index (χ0n) is 20.0. The van der Waals surface area contributed by atoms with Gasteiger partial charge in [0, 0.05) is 38.8 Å². The first-order valence-electron chi connectivity index (χ1n) is 12.1. The van der Waals surface area contributed by atoms with Crippen molar-refractivity contribution in [2.24, 2.45) is 11.8 Å². The van der Waals surface area contributed by atoms with Crippen molar-refractivity contribution in [2.75, 3.05) is 38.2 Å². The standard InChI is InChI=1S/C27H32N4O4/c1-35-27(34)23(19-20-9-3-2-4-10-20)29-25(32)21-11-5-6-12-22(21)26(33)31-17-15-30(16-18-31)24-13-7-8-14-28-24/h2-10,13-14,21-23H,11-12,15-19H2,1H3,(H,29,32). The highest BCUT2D eigenvalue weighted by molar-refractivity contribution is 5.91. The zero-order valence-corrected chi connectivity index (χ0v) is 20.0. The van der Waals surface area contributed by atoms with Crippen molar-refractivity contribution in [1.82, 2.24) is 15.2 Å². The van der Waals surface area contributed by atoms with Gasteiger partial charge >= 0.3 is 5.97 Å². The van der Waals surface area contributed by atoms with Gasteiger partial charge in [0.2, 0.25) is 11.8 Å². The molecule has 1 N–H and O–H groups in total. The molecule has 0 spiro atoms. The molecular formula is C27H32N4O4. The van der Waals surface area contributed by atoms with E-state index in [1.54, 1.807) is 6.20 Å². The number of hydrogen-bond donors (Lipinski definition) is 1. The molecule has 4 rings (SSSR count). The van der Waals surface area contributed by atoms with Crippen LogP contribution in [0, 0.1) is 11.8 Å². The van der Waals surface area contributed by atoms with Crippen molar-refractivity contribution in [3.05, 3.63) is 72.4 Å². The molecule has 1 saturated heterocycles. The molecule has 0 bridgehead atoms. The summed E-state index contributed by atoms with van der Waals surface area (Å²) in [6.45, 7) is 2.57. The normalized spacial score (nSPS) is 20.7. The smallest absolute Gasteiger partial charge is 0.328 e. The fourth-order valence-corrected chi connectivity index (χ4v) is 4.77. The molecule has 1 aliphatic carbocycles. The fourth-order valence-electron chi connectivity index (χ4n) is 4.77. The summed E-state index contributed by atoms with van der Waals surface area (Å²) in [5.74, 6) is -0.855. The highest BCUT2D eigenvalue weighted by Crippen LogP contribution is 2.29. The second-order valence-corrected chi connectivity index (χ2v) is 8.93. The number of methoxy groups -OCH3 is 1. The van der Waals surface area contributed by atoms with E-state index in [1.165, 1.54) is 7.11 Å². The van der Waals surface area contributed by atoms with Crippen LogP contribution in [0.2, 0.25) is 0 Å². The Labute approximate surface area is 206 Å². The lowest BCUT2D eigenvalue weighted by Crippen LogP contribution is -2.53. The molecule has 1 aromatic carbocycles. The molecule has 1 aliphatic heterocycles. The summed E-state index contributed by atoms with van der Waals surface area (Å²) in [6, 6.07) is 14.5. The van der Waals surface area contributed by atoms with Crippen molar-refractivity contribution in [1.29, 1.82) is 0 Å². The van der Waals surface area contributed by atoms with Gasteiger partial charge < -0.3 is 19.9 Å². The molecule has 2 amide bonds. The number of anilines is 1. The number of nitrogens with zero attached hydrogens (tertiary/aromatic N) is 3. The van der Waals surface area contributed by atoms with Crippen LogP contribution in [0.3, 0.4) is 0 Å². The second-order valence-electron chi connectivity index (χ2n) is 8.93. The average Bonchev–Trinajstić information content (AvgIpc) is 2.93. The van der Waals surface area contributed by atoms with Crippen LogP contribution in [0.25, 0.3) is 0 Å². The number of esters is 1. The Morgan fingerprint density at radius 2 is 1.66 bits per heavy atom. The number of amides is 2. The van der Waals surface area contributed by atoms with Gasteiger partial charge in [0.25, 0.3) is 0 Å². The van der Waals surface area contributed by atoms with E-state index in [9.17, 15) is 14.4 Å². The molecule has 2 heterocycles. The van der Waals surface area contributed by atoms with Crippen molar-refractivity contribution in [3.8, 4) is 0 Å². The number of nitrogens with one attached hydrogen (secondary N) is 1. The second kappa shape index (κ2) is 11.6. The van der Waals surface area contributed by atoms with E-state index >= 15 is 0 Å². The first-order valence-corrected chi connectivity index (χ1v) is 12.1. The summed E-state index contributed by atoms with van der Waals surface area (Å²) in [5.41, 5.74) is 0.921. The molecule has 2 aromatic rings. The van der Waals surface area contributed by atoms with Crippen LogP contribution in [0.1, 0.15) is 18.4 Å². The number of pyridine rings is 1. The topological polar surface area (TPSA) is 91.8 Å². The largest absolute Gasteiger partial charge is 0.467 e. The van der Waals surface area contributed by atoms with Gasteiger partial charge in [0.05, 0.1) is 18.9 Å². The van der Waals surface area contributed by atoms with E-state index in [1.807, 2.05) is 65.6 Å². The van der Waals surface area contributed by atoms with Gasteiger partial charge in [-0.2, -0.15) is 0 Å². The molecular weight excluding hydrogens is 444 g/mol. The Hall–Kier alpha value is -3.68. The summed E-state index contributed by atoms with van der Waals surface area (Å²) >= 11 is 0. The minimum absolute atomic E-state index is 0.00662. The first kappa shape index (κ1) is 24.4. The molecule has 1 fully saturated rings. The molecule has 1 aromatic heterocycles. The van der Waals surface area contributed by atoms with Gasteiger partial charge in [-0.1, -0.05) is 48.6 Å². The predicted octanol–water partition coefficient (Wildman–Crippen LogP) is 2.21. The lowest BCUT2D eigenvalue weighted by atomic mass is 9.81. The minimum atomic E-state index is -0.807. The molecule has 8 nitrogen and oxygen atoms in total. The number of ether oxygens (including phenoxy) is 1. The van der Waals surface area contributed by atoms with E-state index in [2.05, 4.69) is 15.2 Å². The number of carbonyl (C=O) groups excluding carboxylic acids is 3. The molecule has 3 unspecified atom stereocenters. The number of allylic oxidation sites excluding steroid dienone is 2. The molecule has 3 atom stereocenters. The maximum Gasteiger partial charge on any atom is 0.328 e. The molecule has 8 heteroatoms. The van der Waals surface area contributed by atoms with Crippen LogP contribution in [0.4, 0.5) is 5.82 Å². The van der Waals surface area contributed by atoms with E-state index in [4.69, 9.17) is 4.74 Å². The lowest BCUT2D eigenvalue weighted by Gasteiger charge is -2.38. The quantitative estimate of drug-likeness (QED) is 0.487. The van der Waals surface area contributed by atoms with Gasteiger partial charge in [-0.25, -0.2) is 9.78 Å². The summed E-state index contributed by atoms with van der Waals surface area (Å²) in [5, 5.41) is 2.87. The average molecular weight is 477 g/mol. The summed E-state index contributed by atoms with van der Waals surface area (Å²) in [4.78, 5) is 47.6. The Balaban J connectivity index is 1.40. The third kappa shape index (κ3) is 6.07. The van der Waals surface area contributed by atoms with E-state index in [0.717, 1.165) is 11.4 Å². The summed E-state index contributed by atoms with van der Waals surface area (Å²) in [7, 11) is 1.31. The fraction of sp³-hybridized carbons (Fsp3) is 0.407. The Morgan fingerprint density at radius 3 is 2.31 bits per heavy atom. The molecule has 0 radical (unpaired) electrons. The van der Waals surface area contributed by atoms with Crippen LogP contribution >= 0.6 is 0 Å². The van der Waals surface area contributed by atoms with E-state index < -0.39 is 23.8 Å². The number of benzene rings is 1. The Kier molecular flexibility index (Phi) is 8.13. The van der Waals surface area contributed by atoms with Crippen LogP contribution in [-0.2, 0) is 25.5 Å². The predicted molar refractivity (Wildman–Crippen MR) is 132 cm³/mol. The van der Waals surface area contributed by atoms with Gasteiger partial charge in [-0.05, 0) is 30.5 Å². The number of carbonyl (C=O) groups is 3. The van der Waals surface area contributed by atoms with Gasteiger partial charge in [0.15, 0.2) is 0 Å². The van der Waals surface area contributed by atoms with E-state index in [-0.39, 0.29) is 11.8 Å². The zero-order chi connectivity index (χ0) is 24.6. The minimum Gasteiger partial charge on any atom is -0.467 e. The molecule has 0 saturated carbocycles. The third-order valence-corrected chi connectivity index (χ3v) is 6.74. The first-order chi connectivity index (χ1) is 17.1. The summed E-state index contributed by atoms with van der Waals surface area (Å²) in [6.07, 6.45) is 6.99. The highest BCUT2D eigenvalue weighted by Gasteiger charge is 2.38. The van der Waals surface area contributed by atoms with Crippen molar-refractivity contribution < 1.29 is 19.1 Å². The van der Waals surface area contributed by atoms with Crippen LogP contribution in [0.15, 0.2) is 66.9 Å². The van der Waals surface area contributed by atoms with Gasteiger partial charge in [-0.15, -0.1) is 0 Å². The van der Waals surface area contributed by atoms with Gasteiger partial charge in [0.1, 0.15) is 11.9 Å². The van der Waals surface area contributed by atoms with Crippen LogP contribution < -0.4 is 10.2 Å². The number of hydrogen-bond acceptors (Lipinski definition) is 6. The lowest BCUT2D eigenvalue weighted by molar-refractivity contribution is -0.147. The third-order valence-electron chi connectivity index (χ3n) is 6.74. The summed E-state index contributed by atoms with van der Waals surface area (Å²) < 4.78 is 4.94. The monoisotopic (exact) mass is 476 g/mol. The maximum atomic E-state index is 13.5. The van der Waals surface area contributed by atoms with Crippen LogP contribution in [0.5, 0.6) is 0 Å². The number of piperazine rings is 1. The SMILES string of the molecule is COC(=O)C(Cc1ccccc1)NC(=O)C1CC=CCC1C(=O)N1CCN(c2ccccn2)CC1. The van der Waals surface area contributed by atoms with Crippen LogP contribution in [-0.4, -0.2) is 67.0 Å². The molecule has 184 valence electrons. The maximum absolute atomic E-state index is 13.5. The van der Waals surface area contributed by atoms with E-state index in [0.29, 0.717) is 45.4 Å². The number of rotatable bonds is 7. The Bertz CT molecular complexity index is 1040. The van der Waals surface area contributed by atoms with Crippen molar-refractivity contribution in [2.45, 2.75) is 25.3 Å². The molecule has 2 aliphatic rings.